The van der Waals surface area contributed by atoms with Crippen molar-refractivity contribution in [3.05, 3.63) is 29.8 Å². The van der Waals surface area contributed by atoms with E-state index in [4.69, 9.17) is 9.84 Å². The van der Waals surface area contributed by atoms with Gasteiger partial charge in [0.05, 0.1) is 5.56 Å². The predicted octanol–water partition coefficient (Wildman–Crippen LogP) is 2.46. The zero-order valence-electron chi connectivity index (χ0n) is 11.7. The van der Waals surface area contributed by atoms with Crippen LogP contribution in [-0.4, -0.2) is 30.1 Å². The van der Waals surface area contributed by atoms with Crippen molar-refractivity contribution in [2.75, 3.05) is 13.2 Å². The van der Waals surface area contributed by atoms with E-state index in [1.807, 2.05) is 0 Å². The molecule has 5 nitrogen and oxygen atoms in total. The monoisotopic (exact) mass is 319 g/mol. The molecule has 0 fully saturated rings. The Kier molecular flexibility index (Phi) is 6.68. The molecule has 0 radical (unpaired) electrons. The summed E-state index contributed by atoms with van der Waals surface area (Å²) in [7, 11) is 0. The van der Waals surface area contributed by atoms with E-state index >= 15 is 0 Å². The number of halogens is 3. The van der Waals surface area contributed by atoms with Gasteiger partial charge in [-0.15, -0.1) is 0 Å². The molecule has 1 amide bonds. The van der Waals surface area contributed by atoms with E-state index in [0.717, 1.165) is 12.1 Å². The zero-order chi connectivity index (χ0) is 16.6. The Morgan fingerprint density at radius 2 is 1.86 bits per heavy atom. The minimum atomic E-state index is -4.55. The largest absolute Gasteiger partial charge is 0.483 e. The fourth-order valence-corrected chi connectivity index (χ4v) is 1.65. The molecule has 1 rings (SSSR count). The van der Waals surface area contributed by atoms with Gasteiger partial charge in [0.15, 0.2) is 6.61 Å². The smallest absolute Gasteiger partial charge is 0.419 e. The van der Waals surface area contributed by atoms with Crippen LogP contribution in [0.25, 0.3) is 0 Å². The molecule has 0 aliphatic heterocycles. The molecule has 0 aliphatic rings. The standard InChI is InChI=1S/C14H16F3NO4/c15-14(16,17)10-5-1-2-6-11(10)22-9-12(19)18-8-4-3-7-13(20)21/h1-2,5-6H,3-4,7-9H2,(H,18,19)(H,20,21). The second kappa shape index (κ2) is 8.26. The topological polar surface area (TPSA) is 75.6 Å². The number of rotatable bonds is 8. The number of para-hydroxylation sites is 1. The minimum Gasteiger partial charge on any atom is -0.483 e. The Bertz CT molecular complexity index is 517. The van der Waals surface area contributed by atoms with Gasteiger partial charge >= 0.3 is 12.1 Å². The van der Waals surface area contributed by atoms with E-state index in [1.54, 1.807) is 0 Å². The third-order valence-electron chi connectivity index (χ3n) is 2.69. The van der Waals surface area contributed by atoms with Gasteiger partial charge in [-0.05, 0) is 25.0 Å². The number of ether oxygens (including phenoxy) is 1. The number of carboxylic acid groups (broad SMARTS) is 1. The first kappa shape index (κ1) is 17.8. The molecule has 1 aromatic carbocycles. The van der Waals surface area contributed by atoms with Crippen LogP contribution in [0.1, 0.15) is 24.8 Å². The summed E-state index contributed by atoms with van der Waals surface area (Å²) in [5.74, 6) is -1.89. The Morgan fingerprint density at radius 1 is 1.18 bits per heavy atom. The van der Waals surface area contributed by atoms with Gasteiger partial charge in [-0.2, -0.15) is 13.2 Å². The molecule has 0 bridgehead atoms. The lowest BCUT2D eigenvalue weighted by Crippen LogP contribution is -2.30. The van der Waals surface area contributed by atoms with Crippen molar-refractivity contribution < 1.29 is 32.6 Å². The Balaban J connectivity index is 2.37. The summed E-state index contributed by atoms with van der Waals surface area (Å²) < 4.78 is 43.0. The van der Waals surface area contributed by atoms with Crippen LogP contribution in [0.3, 0.4) is 0 Å². The van der Waals surface area contributed by atoms with Crippen molar-refractivity contribution in [1.29, 1.82) is 0 Å². The minimum absolute atomic E-state index is 0.00529. The average molecular weight is 319 g/mol. The van der Waals surface area contributed by atoms with E-state index in [2.05, 4.69) is 5.32 Å². The van der Waals surface area contributed by atoms with Gasteiger partial charge in [0.25, 0.3) is 5.91 Å². The van der Waals surface area contributed by atoms with Crippen LogP contribution in [0, 0.1) is 0 Å². The van der Waals surface area contributed by atoms with Crippen LogP contribution in [0.15, 0.2) is 24.3 Å². The summed E-state index contributed by atoms with van der Waals surface area (Å²) in [4.78, 5) is 21.7. The Morgan fingerprint density at radius 3 is 2.50 bits per heavy atom. The summed E-state index contributed by atoms with van der Waals surface area (Å²) in [6, 6.07) is 4.63. The fraction of sp³-hybridized carbons (Fsp3) is 0.429. The summed E-state index contributed by atoms with van der Waals surface area (Å²) in [6.45, 7) is -0.289. The van der Waals surface area contributed by atoms with Crippen LogP contribution in [0.2, 0.25) is 0 Å². The lowest BCUT2D eigenvalue weighted by molar-refractivity contribution is -0.140. The van der Waals surface area contributed by atoms with Gasteiger partial charge in [0.1, 0.15) is 5.75 Å². The number of benzene rings is 1. The van der Waals surface area contributed by atoms with Gasteiger partial charge in [0.2, 0.25) is 0 Å². The predicted molar refractivity (Wildman–Crippen MR) is 71.4 cm³/mol. The molecule has 0 atom stereocenters. The molecule has 2 N–H and O–H groups in total. The molecule has 0 heterocycles. The average Bonchev–Trinajstić information content (AvgIpc) is 2.43. The normalized spacial score (nSPS) is 11.0. The molecular formula is C14H16F3NO4. The number of carbonyl (C=O) groups excluding carboxylic acids is 1. The first-order valence-electron chi connectivity index (χ1n) is 6.58. The molecule has 0 saturated carbocycles. The van der Waals surface area contributed by atoms with Crippen molar-refractivity contribution in [2.24, 2.45) is 0 Å². The molecule has 0 spiro atoms. The number of aliphatic carboxylic acids is 1. The van der Waals surface area contributed by atoms with Crippen molar-refractivity contribution in [2.45, 2.75) is 25.4 Å². The van der Waals surface area contributed by atoms with Gasteiger partial charge in [-0.1, -0.05) is 12.1 Å². The van der Waals surface area contributed by atoms with E-state index in [9.17, 15) is 22.8 Å². The van der Waals surface area contributed by atoms with Crippen LogP contribution in [0.5, 0.6) is 5.75 Å². The van der Waals surface area contributed by atoms with Crippen LogP contribution < -0.4 is 10.1 Å². The van der Waals surface area contributed by atoms with Gasteiger partial charge in [-0.3, -0.25) is 9.59 Å². The quantitative estimate of drug-likeness (QED) is 0.722. The second-order valence-corrected chi connectivity index (χ2v) is 4.48. The Hall–Kier alpha value is -2.25. The van der Waals surface area contributed by atoms with Gasteiger partial charge < -0.3 is 15.2 Å². The summed E-state index contributed by atoms with van der Waals surface area (Å²) in [5, 5.41) is 10.9. The molecule has 122 valence electrons. The number of carbonyl (C=O) groups is 2. The van der Waals surface area contributed by atoms with Gasteiger partial charge in [-0.25, -0.2) is 0 Å². The van der Waals surface area contributed by atoms with E-state index in [1.165, 1.54) is 12.1 Å². The Labute approximate surface area is 125 Å². The first-order chi connectivity index (χ1) is 10.3. The maximum absolute atomic E-state index is 12.7. The van der Waals surface area contributed by atoms with E-state index < -0.39 is 36.0 Å². The highest BCUT2D eigenvalue weighted by Gasteiger charge is 2.34. The molecule has 0 aromatic heterocycles. The number of carboxylic acids is 1. The number of hydrogen-bond acceptors (Lipinski definition) is 3. The van der Waals surface area contributed by atoms with Crippen molar-refractivity contribution in [3.63, 3.8) is 0 Å². The molecule has 22 heavy (non-hydrogen) atoms. The highest BCUT2D eigenvalue weighted by molar-refractivity contribution is 5.77. The molecule has 0 saturated heterocycles. The van der Waals surface area contributed by atoms with Crippen molar-refractivity contribution in [1.82, 2.24) is 5.32 Å². The molecule has 8 heteroatoms. The summed E-state index contributed by atoms with van der Waals surface area (Å²) >= 11 is 0. The molecular weight excluding hydrogens is 303 g/mol. The van der Waals surface area contributed by atoms with Crippen LogP contribution >= 0.6 is 0 Å². The third kappa shape index (κ3) is 6.47. The maximum Gasteiger partial charge on any atom is 0.419 e. The molecule has 0 unspecified atom stereocenters. The third-order valence-corrected chi connectivity index (χ3v) is 2.69. The number of unbranched alkanes of at least 4 members (excludes halogenated alkanes) is 1. The van der Waals surface area contributed by atoms with E-state index in [-0.39, 0.29) is 13.0 Å². The lowest BCUT2D eigenvalue weighted by Gasteiger charge is -2.13. The highest BCUT2D eigenvalue weighted by Crippen LogP contribution is 2.35. The van der Waals surface area contributed by atoms with Crippen LogP contribution in [0.4, 0.5) is 13.2 Å². The highest BCUT2D eigenvalue weighted by atomic mass is 19.4. The first-order valence-corrected chi connectivity index (χ1v) is 6.58. The second-order valence-electron chi connectivity index (χ2n) is 4.48. The molecule has 1 aromatic rings. The number of alkyl halides is 3. The molecule has 0 aliphatic carbocycles. The number of hydrogen-bond donors (Lipinski definition) is 2. The van der Waals surface area contributed by atoms with Crippen LogP contribution in [-0.2, 0) is 15.8 Å². The van der Waals surface area contributed by atoms with E-state index in [0.29, 0.717) is 12.8 Å². The van der Waals surface area contributed by atoms with Crippen molar-refractivity contribution in [3.8, 4) is 5.75 Å². The lowest BCUT2D eigenvalue weighted by atomic mass is 10.2. The number of nitrogens with one attached hydrogen (secondary N) is 1. The number of amides is 1. The SMILES string of the molecule is O=C(O)CCCCNC(=O)COc1ccccc1C(F)(F)F. The fourth-order valence-electron chi connectivity index (χ4n) is 1.65. The summed E-state index contributed by atoms with van der Waals surface area (Å²) in [6.07, 6.45) is -3.67. The van der Waals surface area contributed by atoms with Gasteiger partial charge in [0, 0.05) is 13.0 Å². The summed E-state index contributed by atoms with van der Waals surface area (Å²) in [5.41, 5.74) is -0.941. The van der Waals surface area contributed by atoms with Crippen molar-refractivity contribution >= 4 is 11.9 Å². The zero-order valence-corrected chi connectivity index (χ0v) is 11.7. The maximum atomic E-state index is 12.7.